The maximum absolute atomic E-state index is 4.39. The zero-order valence-electron chi connectivity index (χ0n) is 12.2. The van der Waals surface area contributed by atoms with Gasteiger partial charge >= 0.3 is 0 Å². The van der Waals surface area contributed by atoms with Crippen LogP contribution in [-0.2, 0) is 13.0 Å². The maximum atomic E-state index is 4.39. The zero-order chi connectivity index (χ0) is 13.2. The first-order valence-corrected chi connectivity index (χ1v) is 7.28. The zero-order valence-corrected chi connectivity index (χ0v) is 12.2. The van der Waals surface area contributed by atoms with E-state index in [2.05, 4.69) is 44.3 Å². The fraction of sp³-hybridized carbons (Fsp3) is 0.800. The molecule has 1 aromatic rings. The number of hydrogen-bond acceptors (Lipinski definition) is 2. The summed E-state index contributed by atoms with van der Waals surface area (Å²) in [6, 6.07) is 0.571. The molecule has 1 saturated carbocycles. The van der Waals surface area contributed by atoms with E-state index >= 15 is 0 Å². The van der Waals surface area contributed by atoms with E-state index in [1.165, 1.54) is 18.4 Å². The van der Waals surface area contributed by atoms with E-state index in [-0.39, 0.29) is 0 Å². The maximum Gasteiger partial charge on any atom is 0.0521 e. The van der Waals surface area contributed by atoms with Gasteiger partial charge in [-0.1, -0.05) is 20.8 Å². The van der Waals surface area contributed by atoms with Gasteiger partial charge in [-0.25, -0.2) is 0 Å². The van der Waals surface area contributed by atoms with Crippen molar-refractivity contribution in [1.82, 2.24) is 15.1 Å². The van der Waals surface area contributed by atoms with Crippen LogP contribution in [0.1, 0.15) is 46.1 Å². The van der Waals surface area contributed by atoms with Crippen molar-refractivity contribution in [2.75, 3.05) is 6.54 Å². The predicted molar refractivity (Wildman–Crippen MR) is 75.6 cm³/mol. The molecule has 1 unspecified atom stereocenters. The lowest BCUT2D eigenvalue weighted by Crippen LogP contribution is -2.38. The van der Waals surface area contributed by atoms with Crippen LogP contribution < -0.4 is 5.32 Å². The Labute approximate surface area is 111 Å². The van der Waals surface area contributed by atoms with Crippen molar-refractivity contribution in [2.45, 2.75) is 59.5 Å². The van der Waals surface area contributed by atoms with Crippen LogP contribution in [-0.4, -0.2) is 22.4 Å². The third kappa shape index (κ3) is 3.35. The van der Waals surface area contributed by atoms with Crippen molar-refractivity contribution in [2.24, 2.45) is 11.3 Å². The Morgan fingerprint density at radius 3 is 2.72 bits per heavy atom. The smallest absolute Gasteiger partial charge is 0.0521 e. The second-order valence-corrected chi connectivity index (χ2v) is 6.34. The minimum absolute atomic E-state index is 0.395. The van der Waals surface area contributed by atoms with Gasteiger partial charge < -0.3 is 5.32 Å². The molecule has 3 nitrogen and oxygen atoms in total. The van der Waals surface area contributed by atoms with Gasteiger partial charge in [-0.3, -0.25) is 4.68 Å². The summed E-state index contributed by atoms with van der Waals surface area (Å²) >= 11 is 0. The van der Waals surface area contributed by atoms with E-state index in [4.69, 9.17) is 0 Å². The van der Waals surface area contributed by atoms with E-state index < -0.39 is 0 Å². The summed E-state index contributed by atoms with van der Waals surface area (Å²) in [5, 5.41) is 8.01. The molecular formula is C15H27N3. The molecule has 1 aliphatic rings. The molecule has 1 heterocycles. The van der Waals surface area contributed by atoms with Crippen LogP contribution in [0.5, 0.6) is 0 Å². The number of aryl methyl sites for hydroxylation is 1. The number of nitrogens with zero attached hydrogens (tertiary/aromatic N) is 2. The minimum atomic E-state index is 0.395. The van der Waals surface area contributed by atoms with E-state index in [9.17, 15) is 0 Å². The number of nitrogens with one attached hydrogen (secondary N) is 1. The average Bonchev–Trinajstić information content (AvgIpc) is 3.09. The second-order valence-electron chi connectivity index (χ2n) is 6.34. The van der Waals surface area contributed by atoms with Crippen molar-refractivity contribution in [1.29, 1.82) is 0 Å². The lowest BCUT2D eigenvalue weighted by atomic mass is 9.79. The van der Waals surface area contributed by atoms with Crippen LogP contribution >= 0.6 is 0 Å². The highest BCUT2D eigenvalue weighted by atomic mass is 15.3. The lowest BCUT2D eigenvalue weighted by Gasteiger charge is -2.31. The summed E-state index contributed by atoms with van der Waals surface area (Å²) < 4.78 is 2.03. The second kappa shape index (κ2) is 5.43. The quantitative estimate of drug-likeness (QED) is 0.805. The molecule has 0 aromatic carbocycles. The van der Waals surface area contributed by atoms with Gasteiger partial charge in [-0.2, -0.15) is 5.10 Å². The summed E-state index contributed by atoms with van der Waals surface area (Å²) in [4.78, 5) is 0. The molecule has 0 aliphatic heterocycles. The first-order chi connectivity index (χ1) is 8.53. The fourth-order valence-electron chi connectivity index (χ4n) is 2.71. The summed E-state index contributed by atoms with van der Waals surface area (Å²) in [5.74, 6) is 0.897. The molecule has 1 atom stereocenters. The summed E-state index contributed by atoms with van der Waals surface area (Å²) in [7, 11) is 0. The van der Waals surface area contributed by atoms with E-state index in [0.717, 1.165) is 25.4 Å². The molecule has 1 fully saturated rings. The average molecular weight is 249 g/mol. The third-order valence-electron chi connectivity index (χ3n) is 4.10. The Bertz CT molecular complexity index is 379. The van der Waals surface area contributed by atoms with Crippen molar-refractivity contribution < 1.29 is 0 Å². The van der Waals surface area contributed by atoms with Crippen molar-refractivity contribution >= 4 is 0 Å². The first kappa shape index (κ1) is 13.6. The normalized spacial score (nSPS) is 19.2. The van der Waals surface area contributed by atoms with E-state index in [1.807, 2.05) is 10.9 Å². The molecule has 0 bridgehead atoms. The standard InChI is InChI=1S/C15H27N3/c1-5-18-10-13(9-17-18)8-15(4,14-6-7-14)11-16-12(2)3/h9-10,12,14,16H,5-8,11H2,1-4H3. The molecule has 0 saturated heterocycles. The number of aromatic nitrogens is 2. The Morgan fingerprint density at radius 2 is 2.22 bits per heavy atom. The first-order valence-electron chi connectivity index (χ1n) is 7.28. The van der Waals surface area contributed by atoms with Gasteiger partial charge in [0, 0.05) is 25.3 Å². The highest BCUT2D eigenvalue weighted by Gasteiger charge is 2.41. The molecule has 0 spiro atoms. The van der Waals surface area contributed by atoms with Crippen molar-refractivity contribution in [3.8, 4) is 0 Å². The van der Waals surface area contributed by atoms with Gasteiger partial charge in [0.05, 0.1) is 6.20 Å². The predicted octanol–water partition coefficient (Wildman–Crippen LogP) is 2.86. The van der Waals surface area contributed by atoms with E-state index in [1.54, 1.807) is 0 Å². The van der Waals surface area contributed by atoms with Crippen LogP contribution in [0.3, 0.4) is 0 Å². The molecule has 2 rings (SSSR count). The largest absolute Gasteiger partial charge is 0.314 e. The molecule has 0 radical (unpaired) electrons. The topological polar surface area (TPSA) is 29.9 Å². The molecule has 0 amide bonds. The molecule has 1 aliphatic carbocycles. The molecule has 18 heavy (non-hydrogen) atoms. The monoisotopic (exact) mass is 249 g/mol. The Morgan fingerprint density at radius 1 is 1.50 bits per heavy atom. The molecule has 1 aromatic heterocycles. The molecule has 3 heteroatoms. The van der Waals surface area contributed by atoms with Crippen molar-refractivity contribution in [3.63, 3.8) is 0 Å². The van der Waals surface area contributed by atoms with Crippen LogP contribution in [0.4, 0.5) is 0 Å². The summed E-state index contributed by atoms with van der Waals surface area (Å²) in [5.41, 5.74) is 1.78. The third-order valence-corrected chi connectivity index (χ3v) is 4.10. The van der Waals surface area contributed by atoms with Crippen LogP contribution in [0, 0.1) is 11.3 Å². The van der Waals surface area contributed by atoms with Gasteiger partial charge in [-0.05, 0) is 43.1 Å². The Kier molecular flexibility index (Phi) is 4.10. The summed E-state index contributed by atoms with van der Waals surface area (Å²) in [6.45, 7) is 11.1. The van der Waals surface area contributed by atoms with Gasteiger partial charge in [-0.15, -0.1) is 0 Å². The number of hydrogen-bond donors (Lipinski definition) is 1. The van der Waals surface area contributed by atoms with Gasteiger partial charge in [0.25, 0.3) is 0 Å². The fourth-order valence-corrected chi connectivity index (χ4v) is 2.71. The molecule has 1 N–H and O–H groups in total. The van der Waals surface area contributed by atoms with Gasteiger partial charge in [0.2, 0.25) is 0 Å². The molecular weight excluding hydrogens is 222 g/mol. The van der Waals surface area contributed by atoms with Crippen molar-refractivity contribution in [3.05, 3.63) is 18.0 Å². The highest BCUT2D eigenvalue weighted by molar-refractivity contribution is 5.10. The Hall–Kier alpha value is -0.830. The Balaban J connectivity index is 2.00. The van der Waals surface area contributed by atoms with Gasteiger partial charge in [0.1, 0.15) is 0 Å². The van der Waals surface area contributed by atoms with E-state index in [0.29, 0.717) is 11.5 Å². The van der Waals surface area contributed by atoms with Crippen LogP contribution in [0.25, 0.3) is 0 Å². The highest BCUT2D eigenvalue weighted by Crippen LogP contribution is 2.47. The summed E-state index contributed by atoms with van der Waals surface area (Å²) in [6.07, 6.45) is 8.20. The van der Waals surface area contributed by atoms with Crippen LogP contribution in [0.2, 0.25) is 0 Å². The molecule has 102 valence electrons. The minimum Gasteiger partial charge on any atom is -0.314 e. The SMILES string of the molecule is CCn1cc(CC(C)(CNC(C)C)C2CC2)cn1. The van der Waals surface area contributed by atoms with Crippen LogP contribution in [0.15, 0.2) is 12.4 Å². The van der Waals surface area contributed by atoms with Gasteiger partial charge in [0.15, 0.2) is 0 Å². The lowest BCUT2D eigenvalue weighted by molar-refractivity contribution is 0.248. The number of rotatable bonds is 7.